The van der Waals surface area contributed by atoms with E-state index in [2.05, 4.69) is 17.1 Å². The second-order valence-electron chi connectivity index (χ2n) is 5.33. The lowest BCUT2D eigenvalue weighted by molar-refractivity contribution is -0.384. The van der Waals surface area contributed by atoms with Gasteiger partial charge in [0.25, 0.3) is 5.69 Å². The van der Waals surface area contributed by atoms with Crippen LogP contribution in [0.5, 0.6) is 0 Å². The van der Waals surface area contributed by atoms with E-state index in [0.717, 1.165) is 22.5 Å². The average molecular weight is 415 g/mol. The number of nitro benzene ring substituents is 1. The summed E-state index contributed by atoms with van der Waals surface area (Å²) in [5.74, 6) is -0.0675. The molecule has 2 rings (SSSR count). The first-order chi connectivity index (χ1) is 12.6. The van der Waals surface area contributed by atoms with Gasteiger partial charge in [-0.05, 0) is 19.1 Å². The molecule has 12 heteroatoms. The Bertz CT molecular complexity index is 988. The number of nitro groups is 1. The Balaban J connectivity index is 2.28. The summed E-state index contributed by atoms with van der Waals surface area (Å²) >= 11 is 5.71. The Labute approximate surface area is 159 Å². The van der Waals surface area contributed by atoms with Crippen LogP contribution in [-0.4, -0.2) is 41.8 Å². The van der Waals surface area contributed by atoms with Crippen molar-refractivity contribution in [2.45, 2.75) is 11.8 Å². The van der Waals surface area contributed by atoms with Gasteiger partial charge in [-0.3, -0.25) is 14.9 Å². The molecule has 2 aromatic rings. The van der Waals surface area contributed by atoms with E-state index in [-0.39, 0.29) is 22.3 Å². The molecule has 27 heavy (non-hydrogen) atoms. The summed E-state index contributed by atoms with van der Waals surface area (Å²) in [6.07, 6.45) is 1.29. The minimum absolute atomic E-state index is 0.135. The van der Waals surface area contributed by atoms with Crippen LogP contribution >= 0.6 is 11.6 Å². The van der Waals surface area contributed by atoms with Crippen LogP contribution < -0.4 is 5.32 Å². The molecule has 0 fully saturated rings. The highest BCUT2D eigenvalue weighted by Crippen LogP contribution is 2.28. The molecule has 1 amide bonds. The van der Waals surface area contributed by atoms with Gasteiger partial charge in [0.2, 0.25) is 15.9 Å². The van der Waals surface area contributed by atoms with Crippen molar-refractivity contribution in [3.8, 4) is 0 Å². The summed E-state index contributed by atoms with van der Waals surface area (Å²) in [5.41, 5.74) is -0.557. The minimum Gasteiger partial charge on any atom is -0.360 e. The van der Waals surface area contributed by atoms with Gasteiger partial charge in [0.15, 0.2) is 5.82 Å². The highest BCUT2D eigenvalue weighted by molar-refractivity contribution is 7.89. The summed E-state index contributed by atoms with van der Waals surface area (Å²) in [4.78, 5) is 22.0. The van der Waals surface area contributed by atoms with Gasteiger partial charge in [-0.1, -0.05) is 22.8 Å². The summed E-state index contributed by atoms with van der Waals surface area (Å²) < 4.78 is 31.2. The molecule has 0 radical (unpaired) electrons. The lowest BCUT2D eigenvalue weighted by atomic mass is 10.3. The molecule has 1 N–H and O–H groups in total. The average Bonchev–Trinajstić information content (AvgIpc) is 2.99. The molecular weight excluding hydrogens is 400 g/mol. The van der Waals surface area contributed by atoms with Crippen LogP contribution in [-0.2, 0) is 14.8 Å². The first-order valence-electron chi connectivity index (χ1n) is 7.43. The van der Waals surface area contributed by atoms with Crippen LogP contribution in [0.15, 0.2) is 46.3 Å². The van der Waals surface area contributed by atoms with Crippen molar-refractivity contribution in [2.75, 3.05) is 18.4 Å². The molecule has 144 valence electrons. The van der Waals surface area contributed by atoms with Crippen molar-refractivity contribution in [1.29, 1.82) is 0 Å². The van der Waals surface area contributed by atoms with Crippen LogP contribution in [0.25, 0.3) is 0 Å². The third kappa shape index (κ3) is 4.90. The maximum absolute atomic E-state index is 12.8. The van der Waals surface area contributed by atoms with Gasteiger partial charge in [0, 0.05) is 18.7 Å². The van der Waals surface area contributed by atoms with E-state index in [4.69, 9.17) is 16.1 Å². The number of amides is 1. The molecule has 0 saturated heterocycles. The molecule has 0 aliphatic heterocycles. The van der Waals surface area contributed by atoms with Crippen LogP contribution in [0.3, 0.4) is 0 Å². The van der Waals surface area contributed by atoms with E-state index < -0.39 is 33.1 Å². The van der Waals surface area contributed by atoms with E-state index in [1.54, 1.807) is 6.92 Å². The van der Waals surface area contributed by atoms with Crippen molar-refractivity contribution in [3.63, 3.8) is 0 Å². The molecule has 0 spiro atoms. The number of carbonyl (C=O) groups is 1. The Hall–Kier alpha value is -2.76. The molecule has 0 aliphatic carbocycles. The van der Waals surface area contributed by atoms with Gasteiger partial charge in [-0.25, -0.2) is 8.42 Å². The van der Waals surface area contributed by atoms with Gasteiger partial charge in [-0.15, -0.1) is 6.58 Å². The standard InChI is InChI=1S/C15H15ClN4O6S/c1-3-6-19(9-15(21)17-14-7-10(2)26-18-14)27(24,25)11-4-5-12(16)13(8-11)20(22)23/h3-5,7-8H,1,6,9H2,2H3,(H,17,18,21). The lowest BCUT2D eigenvalue weighted by Crippen LogP contribution is -2.38. The molecule has 1 heterocycles. The van der Waals surface area contributed by atoms with E-state index in [9.17, 15) is 23.3 Å². The maximum Gasteiger partial charge on any atom is 0.289 e. The van der Waals surface area contributed by atoms with Gasteiger partial charge in [0.1, 0.15) is 10.8 Å². The lowest BCUT2D eigenvalue weighted by Gasteiger charge is -2.20. The zero-order chi connectivity index (χ0) is 20.2. The maximum atomic E-state index is 12.8. The Kier molecular flexibility index (Phi) is 6.31. The van der Waals surface area contributed by atoms with Crippen molar-refractivity contribution in [1.82, 2.24) is 9.46 Å². The number of carbonyl (C=O) groups excluding carboxylic acids is 1. The number of aromatic nitrogens is 1. The predicted molar refractivity (Wildman–Crippen MR) is 96.9 cm³/mol. The second kappa shape index (κ2) is 8.29. The van der Waals surface area contributed by atoms with Gasteiger partial charge >= 0.3 is 0 Å². The number of aryl methyl sites for hydroxylation is 1. The Morgan fingerprint density at radius 3 is 2.74 bits per heavy atom. The van der Waals surface area contributed by atoms with E-state index in [1.807, 2.05) is 0 Å². The van der Waals surface area contributed by atoms with Crippen molar-refractivity contribution < 1.29 is 22.7 Å². The number of hydrogen-bond donors (Lipinski definition) is 1. The van der Waals surface area contributed by atoms with Crippen molar-refractivity contribution >= 4 is 39.0 Å². The van der Waals surface area contributed by atoms with E-state index in [0.29, 0.717) is 5.76 Å². The van der Waals surface area contributed by atoms with Crippen LogP contribution in [0, 0.1) is 17.0 Å². The molecule has 0 saturated carbocycles. The zero-order valence-electron chi connectivity index (χ0n) is 14.1. The quantitative estimate of drug-likeness (QED) is 0.397. The smallest absolute Gasteiger partial charge is 0.289 e. The van der Waals surface area contributed by atoms with Crippen LogP contribution in [0.2, 0.25) is 5.02 Å². The number of halogens is 1. The third-order valence-corrected chi connectivity index (χ3v) is 5.43. The van der Waals surface area contributed by atoms with E-state index >= 15 is 0 Å². The fourth-order valence-corrected chi connectivity index (χ4v) is 3.68. The zero-order valence-corrected chi connectivity index (χ0v) is 15.7. The number of hydrogen-bond acceptors (Lipinski definition) is 7. The molecule has 0 bridgehead atoms. The van der Waals surface area contributed by atoms with Gasteiger partial charge < -0.3 is 9.84 Å². The first-order valence-corrected chi connectivity index (χ1v) is 9.25. The molecule has 0 aliphatic rings. The number of nitrogens with zero attached hydrogens (tertiary/aromatic N) is 3. The fourth-order valence-electron chi connectivity index (χ4n) is 2.10. The topological polar surface area (TPSA) is 136 Å². The summed E-state index contributed by atoms with van der Waals surface area (Å²) in [5, 5.41) is 16.8. The SMILES string of the molecule is C=CCN(CC(=O)Nc1cc(C)on1)S(=O)(=O)c1ccc(Cl)c([N+](=O)[O-])c1. The number of anilines is 1. The van der Waals surface area contributed by atoms with Crippen molar-refractivity contribution in [2.24, 2.45) is 0 Å². The molecule has 10 nitrogen and oxygen atoms in total. The normalized spacial score (nSPS) is 11.4. The first kappa shape index (κ1) is 20.6. The molecular formula is C15H15ClN4O6S. The van der Waals surface area contributed by atoms with Crippen molar-refractivity contribution in [3.05, 3.63) is 57.8 Å². The van der Waals surface area contributed by atoms with Gasteiger partial charge in [0.05, 0.1) is 16.4 Å². The van der Waals surface area contributed by atoms with Gasteiger partial charge in [-0.2, -0.15) is 4.31 Å². The minimum atomic E-state index is -4.22. The highest BCUT2D eigenvalue weighted by atomic mass is 35.5. The van der Waals surface area contributed by atoms with Crippen LogP contribution in [0.4, 0.5) is 11.5 Å². The third-order valence-electron chi connectivity index (χ3n) is 3.30. The number of sulfonamides is 1. The molecule has 1 aromatic heterocycles. The summed E-state index contributed by atoms with van der Waals surface area (Å²) in [6.45, 7) is 4.35. The molecule has 1 aromatic carbocycles. The molecule has 0 unspecified atom stereocenters. The largest absolute Gasteiger partial charge is 0.360 e. The predicted octanol–water partition coefficient (Wildman–Crippen LogP) is 2.36. The Morgan fingerprint density at radius 1 is 1.48 bits per heavy atom. The number of nitrogens with one attached hydrogen (secondary N) is 1. The monoisotopic (exact) mass is 414 g/mol. The second-order valence-corrected chi connectivity index (χ2v) is 7.67. The summed E-state index contributed by atoms with van der Waals surface area (Å²) in [6, 6.07) is 4.54. The number of rotatable bonds is 8. The highest BCUT2D eigenvalue weighted by Gasteiger charge is 2.28. The number of benzene rings is 1. The Morgan fingerprint density at radius 2 is 2.19 bits per heavy atom. The molecule has 0 atom stereocenters. The van der Waals surface area contributed by atoms with E-state index in [1.165, 1.54) is 12.1 Å². The summed E-state index contributed by atoms with van der Waals surface area (Å²) in [7, 11) is -4.22. The van der Waals surface area contributed by atoms with Crippen LogP contribution in [0.1, 0.15) is 5.76 Å². The fraction of sp³-hybridized carbons (Fsp3) is 0.200.